The molecule has 156 valence electrons. The molecule has 3 aliphatic heterocycles. The molecular formula is C23H22O7. The van der Waals surface area contributed by atoms with Gasteiger partial charge in [-0.15, -0.1) is 0 Å². The SMILES string of the molecule is C=C(CO)[C@@H]1Cc2c(ccc3c2O[C@H]2COc4cc(OC)c(OC)cc4[C@H]2C3=O)O1. The number of methoxy groups -OCH3 is 2. The Bertz CT molecular complexity index is 1060. The lowest BCUT2D eigenvalue weighted by Gasteiger charge is -2.37. The summed E-state index contributed by atoms with van der Waals surface area (Å²) in [6, 6.07) is 7.06. The van der Waals surface area contributed by atoms with Crippen molar-refractivity contribution in [2.75, 3.05) is 27.4 Å². The summed E-state index contributed by atoms with van der Waals surface area (Å²) < 4.78 is 28.9. The van der Waals surface area contributed by atoms with Crippen LogP contribution in [0, 0.1) is 0 Å². The summed E-state index contributed by atoms with van der Waals surface area (Å²) in [6.45, 7) is 3.96. The minimum absolute atomic E-state index is 0.0229. The van der Waals surface area contributed by atoms with Gasteiger partial charge in [0.1, 0.15) is 36.1 Å². The number of benzene rings is 2. The first-order valence-corrected chi connectivity index (χ1v) is 9.76. The number of ketones is 1. The Balaban J connectivity index is 1.56. The molecule has 3 aliphatic rings. The minimum Gasteiger partial charge on any atom is -0.493 e. The maximum Gasteiger partial charge on any atom is 0.178 e. The van der Waals surface area contributed by atoms with E-state index in [9.17, 15) is 9.90 Å². The maximum atomic E-state index is 13.5. The zero-order valence-corrected chi connectivity index (χ0v) is 16.8. The molecule has 0 radical (unpaired) electrons. The first-order chi connectivity index (χ1) is 14.5. The van der Waals surface area contributed by atoms with E-state index in [0.29, 0.717) is 46.3 Å². The molecule has 0 bridgehead atoms. The van der Waals surface area contributed by atoms with E-state index in [4.69, 9.17) is 23.7 Å². The number of Topliss-reactive ketones (excluding diaryl/α,β-unsaturated/α-hetero) is 1. The van der Waals surface area contributed by atoms with Gasteiger partial charge < -0.3 is 28.8 Å². The average molecular weight is 410 g/mol. The second-order valence-electron chi connectivity index (χ2n) is 7.60. The van der Waals surface area contributed by atoms with Crippen LogP contribution in [0.25, 0.3) is 0 Å². The van der Waals surface area contributed by atoms with E-state index in [1.165, 1.54) is 0 Å². The van der Waals surface area contributed by atoms with E-state index in [1.807, 2.05) is 0 Å². The number of carbonyl (C=O) groups is 1. The van der Waals surface area contributed by atoms with Crippen LogP contribution in [0.4, 0.5) is 0 Å². The normalized spacial score (nSPS) is 23.0. The van der Waals surface area contributed by atoms with Gasteiger partial charge in [-0.2, -0.15) is 0 Å². The average Bonchev–Trinajstić information content (AvgIpc) is 3.22. The molecule has 7 nitrogen and oxygen atoms in total. The summed E-state index contributed by atoms with van der Waals surface area (Å²) in [5.74, 6) is 2.35. The number of aliphatic hydroxyl groups excluding tert-OH is 1. The van der Waals surface area contributed by atoms with E-state index in [-0.39, 0.29) is 25.1 Å². The van der Waals surface area contributed by atoms with Crippen molar-refractivity contribution in [3.05, 3.63) is 53.1 Å². The highest BCUT2D eigenvalue weighted by molar-refractivity contribution is 6.06. The molecule has 2 aromatic carbocycles. The fourth-order valence-electron chi connectivity index (χ4n) is 4.40. The molecule has 7 heteroatoms. The number of hydrogen-bond donors (Lipinski definition) is 1. The van der Waals surface area contributed by atoms with Crippen LogP contribution in [0.5, 0.6) is 28.7 Å². The molecule has 3 heterocycles. The van der Waals surface area contributed by atoms with Crippen molar-refractivity contribution in [3.63, 3.8) is 0 Å². The second kappa shape index (κ2) is 6.95. The number of fused-ring (bicyclic) bond motifs is 6. The number of rotatable bonds is 4. The van der Waals surface area contributed by atoms with Gasteiger partial charge in [0.2, 0.25) is 0 Å². The number of carbonyl (C=O) groups excluding carboxylic acids is 1. The molecule has 0 unspecified atom stereocenters. The smallest absolute Gasteiger partial charge is 0.178 e. The highest BCUT2D eigenvalue weighted by Crippen LogP contribution is 2.49. The molecule has 0 spiro atoms. The minimum atomic E-state index is -0.496. The van der Waals surface area contributed by atoms with E-state index < -0.39 is 12.0 Å². The predicted molar refractivity (Wildman–Crippen MR) is 107 cm³/mol. The highest BCUT2D eigenvalue weighted by atomic mass is 16.5. The molecule has 30 heavy (non-hydrogen) atoms. The third-order valence-electron chi connectivity index (χ3n) is 5.98. The summed E-state index contributed by atoms with van der Waals surface area (Å²) in [6.07, 6.45) is -0.277. The Morgan fingerprint density at radius 2 is 1.93 bits per heavy atom. The topological polar surface area (TPSA) is 83.5 Å². The number of ether oxygens (including phenoxy) is 5. The van der Waals surface area contributed by atoms with Gasteiger partial charge in [-0.05, 0) is 23.8 Å². The standard InChI is InChI=1S/C23H22O7/c1-11(9-24)16-7-14-15(29-16)5-4-12-22(25)21-13-6-18(26-2)19(27-3)8-17(13)28-10-20(21)30-23(12)14/h4-6,8,16,20-21,24H,1,7,9-10H2,2-3H3/t16-,20-,21+/m0/s1. The summed E-state index contributed by atoms with van der Waals surface area (Å²) in [5, 5.41) is 9.38. The van der Waals surface area contributed by atoms with Gasteiger partial charge in [0.15, 0.2) is 17.3 Å². The quantitative estimate of drug-likeness (QED) is 0.776. The Labute approximate surface area is 173 Å². The van der Waals surface area contributed by atoms with Crippen LogP contribution in [0.15, 0.2) is 36.4 Å². The summed E-state index contributed by atoms with van der Waals surface area (Å²) >= 11 is 0. The van der Waals surface area contributed by atoms with Crippen molar-refractivity contribution >= 4 is 5.78 Å². The van der Waals surface area contributed by atoms with Crippen LogP contribution in [0.2, 0.25) is 0 Å². The molecular weight excluding hydrogens is 388 g/mol. The summed E-state index contributed by atoms with van der Waals surface area (Å²) in [7, 11) is 3.11. The van der Waals surface area contributed by atoms with Crippen molar-refractivity contribution in [2.24, 2.45) is 0 Å². The lowest BCUT2D eigenvalue weighted by atomic mass is 9.81. The lowest BCUT2D eigenvalue weighted by molar-refractivity contribution is 0.0554. The van der Waals surface area contributed by atoms with Crippen LogP contribution in [-0.4, -0.2) is 50.5 Å². The molecule has 0 saturated carbocycles. The van der Waals surface area contributed by atoms with E-state index in [1.54, 1.807) is 38.5 Å². The van der Waals surface area contributed by atoms with Gasteiger partial charge in [0.25, 0.3) is 0 Å². The summed E-state index contributed by atoms with van der Waals surface area (Å²) in [4.78, 5) is 13.5. The maximum absolute atomic E-state index is 13.5. The molecule has 0 aliphatic carbocycles. The Morgan fingerprint density at radius 1 is 1.17 bits per heavy atom. The molecule has 5 rings (SSSR count). The third-order valence-corrected chi connectivity index (χ3v) is 5.98. The van der Waals surface area contributed by atoms with Gasteiger partial charge in [0, 0.05) is 23.6 Å². The van der Waals surface area contributed by atoms with Gasteiger partial charge in [-0.25, -0.2) is 0 Å². The molecule has 2 aromatic rings. The highest BCUT2D eigenvalue weighted by Gasteiger charge is 2.45. The largest absolute Gasteiger partial charge is 0.493 e. The predicted octanol–water partition coefficient (Wildman–Crippen LogP) is 2.68. The van der Waals surface area contributed by atoms with Crippen molar-refractivity contribution < 1.29 is 33.6 Å². The van der Waals surface area contributed by atoms with Crippen molar-refractivity contribution in [1.29, 1.82) is 0 Å². The lowest BCUT2D eigenvalue weighted by Crippen LogP contribution is -2.43. The van der Waals surface area contributed by atoms with Crippen LogP contribution >= 0.6 is 0 Å². The van der Waals surface area contributed by atoms with Gasteiger partial charge in [-0.3, -0.25) is 4.79 Å². The molecule has 0 aromatic heterocycles. The van der Waals surface area contributed by atoms with Gasteiger partial charge in [-0.1, -0.05) is 6.58 Å². The molecule has 3 atom stereocenters. The first kappa shape index (κ1) is 18.8. The van der Waals surface area contributed by atoms with Gasteiger partial charge >= 0.3 is 0 Å². The first-order valence-electron chi connectivity index (χ1n) is 9.76. The molecule has 0 saturated heterocycles. The van der Waals surface area contributed by atoms with E-state index in [0.717, 1.165) is 11.1 Å². The Hall–Kier alpha value is -3.19. The molecule has 1 N–H and O–H groups in total. The van der Waals surface area contributed by atoms with Crippen LogP contribution < -0.4 is 23.7 Å². The van der Waals surface area contributed by atoms with Crippen molar-refractivity contribution in [2.45, 2.75) is 24.5 Å². The van der Waals surface area contributed by atoms with Crippen molar-refractivity contribution in [3.8, 4) is 28.7 Å². The van der Waals surface area contributed by atoms with Crippen LogP contribution in [0.3, 0.4) is 0 Å². The Kier molecular flexibility index (Phi) is 4.36. The number of hydrogen-bond acceptors (Lipinski definition) is 7. The fourth-order valence-corrected chi connectivity index (χ4v) is 4.40. The van der Waals surface area contributed by atoms with Crippen LogP contribution in [-0.2, 0) is 6.42 Å². The third kappa shape index (κ3) is 2.65. The Morgan fingerprint density at radius 3 is 2.67 bits per heavy atom. The molecule has 0 fully saturated rings. The summed E-state index contributed by atoms with van der Waals surface area (Å²) in [5.41, 5.74) is 2.67. The second-order valence-corrected chi connectivity index (χ2v) is 7.60. The van der Waals surface area contributed by atoms with Crippen LogP contribution in [0.1, 0.15) is 27.4 Å². The van der Waals surface area contributed by atoms with E-state index in [2.05, 4.69) is 6.58 Å². The van der Waals surface area contributed by atoms with E-state index >= 15 is 0 Å². The zero-order valence-electron chi connectivity index (χ0n) is 16.8. The molecule has 0 amide bonds. The van der Waals surface area contributed by atoms with Crippen molar-refractivity contribution in [1.82, 2.24) is 0 Å². The monoisotopic (exact) mass is 410 g/mol. The van der Waals surface area contributed by atoms with Gasteiger partial charge in [0.05, 0.1) is 32.3 Å². The number of aliphatic hydroxyl groups is 1. The fraction of sp³-hybridized carbons (Fsp3) is 0.348. The zero-order chi connectivity index (χ0) is 21.0.